The normalized spacial score (nSPS) is 17.7. The van der Waals surface area contributed by atoms with Gasteiger partial charge in [0.2, 0.25) is 5.91 Å². The predicted molar refractivity (Wildman–Crippen MR) is 120 cm³/mol. The van der Waals surface area contributed by atoms with E-state index in [2.05, 4.69) is 26.0 Å². The fourth-order valence-corrected chi connectivity index (χ4v) is 4.37. The molecule has 2 aliphatic heterocycles. The molecule has 2 fully saturated rings. The fourth-order valence-electron chi connectivity index (χ4n) is 4.37. The van der Waals surface area contributed by atoms with Gasteiger partial charge in [-0.25, -0.2) is 9.69 Å². The van der Waals surface area contributed by atoms with Crippen LogP contribution in [0.3, 0.4) is 0 Å². The molecular weight excluding hydrogens is 390 g/mol. The highest BCUT2D eigenvalue weighted by molar-refractivity contribution is 6.19. The van der Waals surface area contributed by atoms with Crippen LogP contribution in [0.2, 0.25) is 0 Å². The molecule has 4 rings (SSSR count). The number of piperidine rings is 1. The molecular formula is C25H29N3O3. The van der Waals surface area contributed by atoms with E-state index in [9.17, 15) is 14.4 Å². The van der Waals surface area contributed by atoms with Crippen LogP contribution >= 0.6 is 0 Å². The van der Waals surface area contributed by atoms with Crippen LogP contribution in [0, 0.1) is 0 Å². The Balaban J connectivity index is 1.33. The zero-order valence-electron chi connectivity index (χ0n) is 18.2. The van der Waals surface area contributed by atoms with Crippen molar-refractivity contribution in [1.82, 2.24) is 9.80 Å². The molecule has 0 bridgehead atoms. The van der Waals surface area contributed by atoms with Crippen LogP contribution in [0.5, 0.6) is 0 Å². The molecule has 0 aliphatic carbocycles. The van der Waals surface area contributed by atoms with E-state index >= 15 is 0 Å². The minimum atomic E-state index is -0.258. The Kier molecular flexibility index (Phi) is 6.07. The van der Waals surface area contributed by atoms with Gasteiger partial charge in [0, 0.05) is 19.1 Å². The van der Waals surface area contributed by atoms with Crippen molar-refractivity contribution in [2.45, 2.75) is 45.1 Å². The summed E-state index contributed by atoms with van der Waals surface area (Å²) in [7, 11) is 0. The Morgan fingerprint density at radius 1 is 0.968 bits per heavy atom. The fraction of sp³-hybridized carbons (Fsp3) is 0.400. The largest absolute Gasteiger partial charge is 0.342 e. The molecule has 0 N–H and O–H groups in total. The topological polar surface area (TPSA) is 60.9 Å². The third kappa shape index (κ3) is 4.48. The minimum Gasteiger partial charge on any atom is -0.342 e. The molecule has 2 saturated heterocycles. The number of urea groups is 1. The monoisotopic (exact) mass is 419 g/mol. The lowest BCUT2D eigenvalue weighted by Crippen LogP contribution is -2.48. The van der Waals surface area contributed by atoms with E-state index < -0.39 is 0 Å². The number of amides is 4. The average Bonchev–Trinajstić information content (AvgIpc) is 3.08. The first kappa shape index (κ1) is 21.1. The Bertz CT molecular complexity index is 948. The SMILES string of the molecule is CC(C)c1ccc(CC(=O)N2CCC(N3CC(=O)N(c4ccccc4)C3=O)CC2)cc1. The molecule has 0 saturated carbocycles. The summed E-state index contributed by atoms with van der Waals surface area (Å²) >= 11 is 0. The van der Waals surface area contributed by atoms with Crippen LogP contribution in [0.15, 0.2) is 54.6 Å². The Labute approximate surface area is 183 Å². The van der Waals surface area contributed by atoms with Crippen molar-refractivity contribution in [3.05, 3.63) is 65.7 Å². The number of imide groups is 1. The van der Waals surface area contributed by atoms with Gasteiger partial charge < -0.3 is 9.80 Å². The first-order chi connectivity index (χ1) is 14.9. The summed E-state index contributed by atoms with van der Waals surface area (Å²) in [5.41, 5.74) is 2.90. The number of rotatable bonds is 5. The quantitative estimate of drug-likeness (QED) is 0.693. The lowest BCUT2D eigenvalue weighted by Gasteiger charge is -2.36. The number of carbonyl (C=O) groups is 3. The molecule has 0 spiro atoms. The third-order valence-corrected chi connectivity index (χ3v) is 6.27. The van der Waals surface area contributed by atoms with E-state index in [1.165, 1.54) is 10.5 Å². The summed E-state index contributed by atoms with van der Waals surface area (Å²) in [4.78, 5) is 42.9. The molecule has 0 radical (unpaired) electrons. The van der Waals surface area contributed by atoms with Gasteiger partial charge in [0.25, 0.3) is 5.91 Å². The molecule has 162 valence electrons. The van der Waals surface area contributed by atoms with E-state index in [1.807, 2.05) is 35.2 Å². The maximum Gasteiger partial charge on any atom is 0.332 e. The van der Waals surface area contributed by atoms with Crippen molar-refractivity contribution in [2.75, 3.05) is 24.5 Å². The molecule has 31 heavy (non-hydrogen) atoms. The number of para-hydroxylation sites is 1. The van der Waals surface area contributed by atoms with E-state index in [0.717, 1.165) is 5.56 Å². The van der Waals surface area contributed by atoms with Crippen LogP contribution in [0.25, 0.3) is 0 Å². The maximum atomic E-state index is 12.9. The summed E-state index contributed by atoms with van der Waals surface area (Å²) in [6.45, 7) is 5.63. The van der Waals surface area contributed by atoms with Gasteiger partial charge in [0.1, 0.15) is 6.54 Å². The van der Waals surface area contributed by atoms with Crippen molar-refractivity contribution in [3.8, 4) is 0 Å². The smallest absolute Gasteiger partial charge is 0.332 e. The Hall–Kier alpha value is -3.15. The molecule has 2 aromatic carbocycles. The van der Waals surface area contributed by atoms with Crippen molar-refractivity contribution in [1.29, 1.82) is 0 Å². The van der Waals surface area contributed by atoms with Crippen molar-refractivity contribution in [2.24, 2.45) is 0 Å². The van der Waals surface area contributed by atoms with Gasteiger partial charge in [-0.1, -0.05) is 56.3 Å². The van der Waals surface area contributed by atoms with Crippen LogP contribution in [-0.4, -0.2) is 53.3 Å². The highest BCUT2D eigenvalue weighted by atomic mass is 16.2. The van der Waals surface area contributed by atoms with Gasteiger partial charge in [-0.05, 0) is 42.0 Å². The van der Waals surface area contributed by atoms with Crippen LogP contribution < -0.4 is 4.90 Å². The first-order valence-corrected chi connectivity index (χ1v) is 11.0. The molecule has 4 amide bonds. The number of anilines is 1. The predicted octanol–water partition coefficient (Wildman–Crippen LogP) is 3.81. The summed E-state index contributed by atoms with van der Waals surface area (Å²) < 4.78 is 0. The number of hydrogen-bond donors (Lipinski definition) is 0. The second kappa shape index (κ2) is 8.92. The third-order valence-electron chi connectivity index (χ3n) is 6.27. The van der Waals surface area contributed by atoms with E-state index in [0.29, 0.717) is 44.0 Å². The molecule has 2 aliphatic rings. The number of benzene rings is 2. The van der Waals surface area contributed by atoms with E-state index in [1.54, 1.807) is 17.0 Å². The van der Waals surface area contributed by atoms with E-state index in [4.69, 9.17) is 0 Å². The van der Waals surface area contributed by atoms with Crippen LogP contribution in [-0.2, 0) is 16.0 Å². The zero-order valence-corrected chi connectivity index (χ0v) is 18.2. The average molecular weight is 420 g/mol. The second-order valence-electron chi connectivity index (χ2n) is 8.66. The summed E-state index contributed by atoms with van der Waals surface area (Å²) in [5.74, 6) is 0.395. The van der Waals surface area contributed by atoms with Gasteiger partial charge in [-0.2, -0.15) is 0 Å². The second-order valence-corrected chi connectivity index (χ2v) is 8.66. The number of carbonyl (C=O) groups excluding carboxylic acids is 3. The van der Waals surface area contributed by atoms with Gasteiger partial charge in [-0.3, -0.25) is 9.59 Å². The Morgan fingerprint density at radius 3 is 2.23 bits per heavy atom. The summed E-state index contributed by atoms with van der Waals surface area (Å²) in [6, 6.07) is 17.0. The van der Waals surface area contributed by atoms with Crippen molar-refractivity contribution < 1.29 is 14.4 Å². The van der Waals surface area contributed by atoms with Gasteiger partial charge in [-0.15, -0.1) is 0 Å². The first-order valence-electron chi connectivity index (χ1n) is 11.0. The highest BCUT2D eigenvalue weighted by Crippen LogP contribution is 2.26. The zero-order chi connectivity index (χ0) is 22.0. The number of nitrogens with zero attached hydrogens (tertiary/aromatic N) is 3. The van der Waals surface area contributed by atoms with E-state index in [-0.39, 0.29) is 30.4 Å². The van der Waals surface area contributed by atoms with Crippen molar-refractivity contribution in [3.63, 3.8) is 0 Å². The van der Waals surface area contributed by atoms with Crippen LogP contribution in [0.1, 0.15) is 43.7 Å². The number of likely N-dealkylation sites (tertiary alicyclic amines) is 1. The molecule has 6 heteroatoms. The molecule has 0 aromatic heterocycles. The standard InChI is InChI=1S/C25H29N3O3/c1-18(2)20-10-8-19(9-11-20)16-23(29)26-14-12-21(13-15-26)27-17-24(30)28(25(27)31)22-6-4-3-5-7-22/h3-11,18,21H,12-17H2,1-2H3. The summed E-state index contributed by atoms with van der Waals surface area (Å²) in [6.07, 6.45) is 1.78. The molecule has 6 nitrogen and oxygen atoms in total. The minimum absolute atomic E-state index is 0.0143. The molecule has 2 heterocycles. The molecule has 2 aromatic rings. The maximum absolute atomic E-state index is 12.9. The highest BCUT2D eigenvalue weighted by Gasteiger charge is 2.41. The van der Waals surface area contributed by atoms with Gasteiger partial charge in [0.15, 0.2) is 0 Å². The van der Waals surface area contributed by atoms with Crippen LogP contribution in [0.4, 0.5) is 10.5 Å². The van der Waals surface area contributed by atoms with Gasteiger partial charge >= 0.3 is 6.03 Å². The van der Waals surface area contributed by atoms with Crippen molar-refractivity contribution >= 4 is 23.5 Å². The van der Waals surface area contributed by atoms with Gasteiger partial charge in [0.05, 0.1) is 12.1 Å². The Morgan fingerprint density at radius 2 is 1.61 bits per heavy atom. The lowest BCUT2D eigenvalue weighted by molar-refractivity contribution is -0.132. The number of hydrogen-bond acceptors (Lipinski definition) is 3. The molecule has 0 atom stereocenters. The lowest BCUT2D eigenvalue weighted by atomic mass is 10.00. The summed E-state index contributed by atoms with van der Waals surface area (Å²) in [5, 5.41) is 0. The molecule has 0 unspecified atom stereocenters.